The number of nitriles is 1. The summed E-state index contributed by atoms with van der Waals surface area (Å²) in [4.78, 5) is 23.5. The predicted octanol–water partition coefficient (Wildman–Crippen LogP) is 1.50. The first kappa shape index (κ1) is 14.9. The Labute approximate surface area is 122 Å². The second kappa shape index (κ2) is 6.27. The van der Waals surface area contributed by atoms with Gasteiger partial charge in [0, 0.05) is 0 Å². The molecule has 2 N–H and O–H groups in total. The van der Waals surface area contributed by atoms with E-state index in [-0.39, 0.29) is 11.3 Å². The second-order valence-corrected chi connectivity index (χ2v) is 5.08. The van der Waals surface area contributed by atoms with E-state index in [9.17, 15) is 14.7 Å². The molecule has 2 rings (SSSR count). The zero-order chi connectivity index (χ0) is 15.3. The number of benzene rings is 1. The summed E-state index contributed by atoms with van der Waals surface area (Å²) in [7, 11) is 0. The van der Waals surface area contributed by atoms with E-state index in [0.717, 1.165) is 12.8 Å². The molecule has 0 saturated heterocycles. The van der Waals surface area contributed by atoms with Gasteiger partial charge >= 0.3 is 5.97 Å². The molecule has 1 saturated carbocycles. The number of ether oxygens (including phenoxy) is 1. The zero-order valence-corrected chi connectivity index (χ0v) is 11.5. The summed E-state index contributed by atoms with van der Waals surface area (Å²) >= 11 is 0. The van der Waals surface area contributed by atoms with E-state index in [0.29, 0.717) is 12.8 Å². The largest absolute Gasteiger partial charge is 0.508 e. The van der Waals surface area contributed by atoms with Crippen molar-refractivity contribution in [2.75, 3.05) is 6.61 Å². The lowest BCUT2D eigenvalue weighted by Crippen LogP contribution is -2.46. The van der Waals surface area contributed by atoms with Gasteiger partial charge in [0.25, 0.3) is 5.91 Å². The fourth-order valence-corrected chi connectivity index (χ4v) is 2.39. The maximum atomic E-state index is 11.8. The number of carbonyl (C=O) groups excluding carboxylic acids is 2. The molecule has 0 aromatic heterocycles. The van der Waals surface area contributed by atoms with Crippen LogP contribution in [0, 0.1) is 11.3 Å². The predicted molar refractivity (Wildman–Crippen MR) is 73.3 cm³/mol. The quantitative estimate of drug-likeness (QED) is 0.818. The van der Waals surface area contributed by atoms with Gasteiger partial charge in [-0.05, 0) is 43.9 Å². The molecule has 1 amide bonds. The minimum absolute atomic E-state index is 0.0525. The van der Waals surface area contributed by atoms with Gasteiger partial charge in [-0.1, -0.05) is 6.07 Å². The number of carbonyl (C=O) groups is 2. The summed E-state index contributed by atoms with van der Waals surface area (Å²) in [6.45, 7) is -0.447. The molecule has 0 bridgehead atoms. The second-order valence-electron chi connectivity index (χ2n) is 5.08. The highest BCUT2D eigenvalue weighted by molar-refractivity contribution is 5.91. The Morgan fingerprint density at radius 3 is 2.71 bits per heavy atom. The minimum atomic E-state index is -0.825. The highest BCUT2D eigenvalue weighted by Crippen LogP contribution is 2.28. The molecular weight excluding hydrogens is 272 g/mol. The molecule has 0 aliphatic heterocycles. The van der Waals surface area contributed by atoms with E-state index >= 15 is 0 Å². The van der Waals surface area contributed by atoms with Crippen molar-refractivity contribution in [3.8, 4) is 11.8 Å². The average molecular weight is 288 g/mol. The van der Waals surface area contributed by atoms with Gasteiger partial charge in [0.1, 0.15) is 11.3 Å². The molecule has 21 heavy (non-hydrogen) atoms. The van der Waals surface area contributed by atoms with Crippen molar-refractivity contribution >= 4 is 11.9 Å². The van der Waals surface area contributed by atoms with Crippen LogP contribution >= 0.6 is 0 Å². The van der Waals surface area contributed by atoms with Crippen LogP contribution in [0.3, 0.4) is 0 Å². The van der Waals surface area contributed by atoms with E-state index in [4.69, 9.17) is 10.00 Å². The first-order valence-electron chi connectivity index (χ1n) is 6.73. The van der Waals surface area contributed by atoms with Crippen LogP contribution in [0.4, 0.5) is 0 Å². The van der Waals surface area contributed by atoms with Gasteiger partial charge in [0.05, 0.1) is 11.6 Å². The first-order chi connectivity index (χ1) is 10.0. The Balaban J connectivity index is 1.87. The van der Waals surface area contributed by atoms with Gasteiger partial charge in [-0.2, -0.15) is 5.26 Å². The molecule has 0 unspecified atom stereocenters. The number of rotatable bonds is 4. The van der Waals surface area contributed by atoms with Crippen LogP contribution in [0.25, 0.3) is 0 Å². The highest BCUT2D eigenvalue weighted by atomic mass is 16.5. The smallest absolute Gasteiger partial charge is 0.338 e. The molecule has 1 aromatic carbocycles. The molecular formula is C15H16N2O4. The van der Waals surface area contributed by atoms with Gasteiger partial charge in [-0.15, -0.1) is 0 Å². The lowest BCUT2D eigenvalue weighted by molar-refractivity contribution is -0.125. The van der Waals surface area contributed by atoms with Crippen LogP contribution in [0.5, 0.6) is 5.75 Å². The number of nitrogens with one attached hydrogen (secondary N) is 1. The standard InChI is InChI=1S/C15H16N2O4/c16-10-15(6-1-2-7-15)17-13(19)9-21-14(20)11-4-3-5-12(18)8-11/h3-5,8,18H,1-2,6-7,9H2,(H,17,19). The van der Waals surface area contributed by atoms with Crippen LogP contribution in [0.15, 0.2) is 24.3 Å². The molecule has 110 valence electrons. The molecule has 1 aromatic rings. The summed E-state index contributed by atoms with van der Waals surface area (Å²) in [5.41, 5.74) is -0.659. The van der Waals surface area contributed by atoms with Crippen LogP contribution < -0.4 is 5.32 Å². The topological polar surface area (TPSA) is 99.4 Å². The van der Waals surface area contributed by atoms with Gasteiger partial charge in [-0.3, -0.25) is 4.79 Å². The summed E-state index contributed by atoms with van der Waals surface area (Å²) in [6, 6.07) is 7.81. The highest BCUT2D eigenvalue weighted by Gasteiger charge is 2.35. The van der Waals surface area contributed by atoms with Crippen molar-refractivity contribution < 1.29 is 19.4 Å². The molecule has 1 aliphatic carbocycles. The summed E-state index contributed by atoms with van der Waals surface area (Å²) in [5.74, 6) is -1.24. The summed E-state index contributed by atoms with van der Waals surface area (Å²) in [5, 5.41) is 21.1. The van der Waals surface area contributed by atoms with E-state index < -0.39 is 24.0 Å². The normalized spacial score (nSPS) is 16.0. The molecule has 0 spiro atoms. The fraction of sp³-hybridized carbons (Fsp3) is 0.400. The third-order valence-electron chi connectivity index (χ3n) is 3.47. The summed E-state index contributed by atoms with van der Waals surface area (Å²) < 4.78 is 4.87. The average Bonchev–Trinajstić information content (AvgIpc) is 2.94. The van der Waals surface area contributed by atoms with E-state index in [2.05, 4.69) is 11.4 Å². The van der Waals surface area contributed by atoms with Crippen molar-refractivity contribution in [2.45, 2.75) is 31.2 Å². The Hall–Kier alpha value is -2.55. The van der Waals surface area contributed by atoms with Crippen molar-refractivity contribution in [3.63, 3.8) is 0 Å². The number of esters is 1. The molecule has 0 atom stereocenters. The molecule has 1 aliphatic rings. The van der Waals surface area contributed by atoms with Crippen molar-refractivity contribution in [3.05, 3.63) is 29.8 Å². The molecule has 6 nitrogen and oxygen atoms in total. The van der Waals surface area contributed by atoms with Crippen LogP contribution in [0.1, 0.15) is 36.0 Å². The molecule has 6 heteroatoms. The minimum Gasteiger partial charge on any atom is -0.508 e. The van der Waals surface area contributed by atoms with Crippen molar-refractivity contribution in [1.29, 1.82) is 5.26 Å². The monoisotopic (exact) mass is 288 g/mol. The van der Waals surface area contributed by atoms with E-state index in [1.807, 2.05) is 0 Å². The van der Waals surface area contributed by atoms with Gasteiger partial charge < -0.3 is 15.2 Å². The van der Waals surface area contributed by atoms with Crippen molar-refractivity contribution in [2.24, 2.45) is 0 Å². The third-order valence-corrected chi connectivity index (χ3v) is 3.47. The molecule has 0 radical (unpaired) electrons. The van der Waals surface area contributed by atoms with Gasteiger partial charge in [0.2, 0.25) is 0 Å². The maximum Gasteiger partial charge on any atom is 0.338 e. The van der Waals surface area contributed by atoms with E-state index in [1.54, 1.807) is 0 Å². The number of amides is 1. The number of phenolic OH excluding ortho intramolecular Hbond substituents is 1. The molecule has 1 fully saturated rings. The van der Waals surface area contributed by atoms with Crippen LogP contribution in [-0.2, 0) is 9.53 Å². The van der Waals surface area contributed by atoms with Crippen LogP contribution in [0.2, 0.25) is 0 Å². The Morgan fingerprint density at radius 2 is 2.10 bits per heavy atom. The zero-order valence-electron chi connectivity index (χ0n) is 11.5. The maximum absolute atomic E-state index is 11.8. The first-order valence-corrected chi connectivity index (χ1v) is 6.73. The van der Waals surface area contributed by atoms with Crippen LogP contribution in [-0.4, -0.2) is 29.1 Å². The number of hydrogen-bond acceptors (Lipinski definition) is 5. The fourth-order valence-electron chi connectivity index (χ4n) is 2.39. The molecule has 0 heterocycles. The lowest BCUT2D eigenvalue weighted by Gasteiger charge is -2.21. The van der Waals surface area contributed by atoms with Gasteiger partial charge in [-0.25, -0.2) is 4.79 Å². The Morgan fingerprint density at radius 1 is 1.38 bits per heavy atom. The summed E-state index contributed by atoms with van der Waals surface area (Å²) in [6.07, 6.45) is 3.04. The van der Waals surface area contributed by atoms with Gasteiger partial charge in [0.15, 0.2) is 6.61 Å². The van der Waals surface area contributed by atoms with Crippen molar-refractivity contribution in [1.82, 2.24) is 5.32 Å². The third kappa shape index (κ3) is 3.72. The SMILES string of the molecule is N#CC1(NC(=O)COC(=O)c2cccc(O)c2)CCCC1. The lowest BCUT2D eigenvalue weighted by atomic mass is 10.00. The number of hydrogen-bond donors (Lipinski definition) is 2. The number of aromatic hydroxyl groups is 1. The Kier molecular flexibility index (Phi) is 4.43. The number of phenols is 1. The Bertz CT molecular complexity index is 586. The number of nitrogens with zero attached hydrogens (tertiary/aromatic N) is 1. The van der Waals surface area contributed by atoms with E-state index in [1.165, 1.54) is 24.3 Å².